The number of nitrogens with zero attached hydrogens (tertiary/aromatic N) is 1. The zero-order valence-corrected chi connectivity index (χ0v) is 7.56. The molecule has 0 unspecified atom stereocenters. The minimum absolute atomic E-state index is 0.0176. The van der Waals surface area contributed by atoms with E-state index in [1.54, 1.807) is 0 Å². The first-order chi connectivity index (χ1) is 6.60. The van der Waals surface area contributed by atoms with Gasteiger partial charge in [0.1, 0.15) is 11.4 Å². The van der Waals surface area contributed by atoms with Gasteiger partial charge in [0.05, 0.1) is 18.6 Å². The molecular formula is C8H10N2O4. The van der Waals surface area contributed by atoms with E-state index in [1.165, 1.54) is 19.2 Å². The lowest BCUT2D eigenvalue weighted by molar-refractivity contribution is -0.384. The van der Waals surface area contributed by atoms with Crippen molar-refractivity contribution in [3.63, 3.8) is 0 Å². The SMILES string of the molecule is COc1cc(N)c([N+](=O)[O-])cc1CO. The summed E-state index contributed by atoms with van der Waals surface area (Å²) in [7, 11) is 1.40. The second-order valence-electron chi connectivity index (χ2n) is 2.64. The van der Waals surface area contributed by atoms with Crippen molar-refractivity contribution in [2.45, 2.75) is 6.61 Å². The Morgan fingerprint density at radius 3 is 2.71 bits per heavy atom. The molecule has 0 saturated carbocycles. The van der Waals surface area contributed by atoms with Gasteiger partial charge in [-0.05, 0) is 0 Å². The molecule has 0 atom stereocenters. The van der Waals surface area contributed by atoms with Crippen molar-refractivity contribution in [3.8, 4) is 5.75 Å². The second-order valence-corrected chi connectivity index (χ2v) is 2.64. The van der Waals surface area contributed by atoms with Crippen molar-refractivity contribution in [2.75, 3.05) is 12.8 Å². The Morgan fingerprint density at radius 2 is 2.29 bits per heavy atom. The van der Waals surface area contributed by atoms with Crippen LogP contribution in [0.5, 0.6) is 5.75 Å². The van der Waals surface area contributed by atoms with Crippen LogP contribution >= 0.6 is 0 Å². The molecule has 6 nitrogen and oxygen atoms in total. The molecule has 1 rings (SSSR count). The topological polar surface area (TPSA) is 98.6 Å². The molecule has 0 saturated heterocycles. The van der Waals surface area contributed by atoms with E-state index in [9.17, 15) is 10.1 Å². The van der Waals surface area contributed by atoms with Gasteiger partial charge in [0.2, 0.25) is 0 Å². The summed E-state index contributed by atoms with van der Waals surface area (Å²) in [5, 5.41) is 19.4. The highest BCUT2D eigenvalue weighted by Gasteiger charge is 2.15. The van der Waals surface area contributed by atoms with Crippen LogP contribution in [0.2, 0.25) is 0 Å². The van der Waals surface area contributed by atoms with Gasteiger partial charge >= 0.3 is 0 Å². The third-order valence-electron chi connectivity index (χ3n) is 1.80. The minimum atomic E-state index is -0.603. The summed E-state index contributed by atoms with van der Waals surface area (Å²) >= 11 is 0. The summed E-state index contributed by atoms with van der Waals surface area (Å²) in [5.41, 5.74) is 5.55. The summed E-state index contributed by atoms with van der Waals surface area (Å²) < 4.78 is 4.89. The van der Waals surface area contributed by atoms with Crippen molar-refractivity contribution < 1.29 is 14.8 Å². The van der Waals surface area contributed by atoms with Gasteiger partial charge in [-0.15, -0.1) is 0 Å². The van der Waals surface area contributed by atoms with Crippen LogP contribution in [-0.4, -0.2) is 17.1 Å². The fraction of sp³-hybridized carbons (Fsp3) is 0.250. The van der Waals surface area contributed by atoms with Crippen LogP contribution in [0.3, 0.4) is 0 Å². The number of nitro groups is 1. The van der Waals surface area contributed by atoms with E-state index in [-0.39, 0.29) is 18.0 Å². The first kappa shape index (κ1) is 10.3. The quantitative estimate of drug-likeness (QED) is 0.422. The van der Waals surface area contributed by atoms with Gasteiger partial charge in [-0.2, -0.15) is 0 Å². The number of anilines is 1. The van der Waals surface area contributed by atoms with Gasteiger partial charge in [-0.25, -0.2) is 0 Å². The van der Waals surface area contributed by atoms with Crippen LogP contribution in [0.25, 0.3) is 0 Å². The number of nitro benzene ring substituents is 1. The van der Waals surface area contributed by atoms with E-state index < -0.39 is 4.92 Å². The highest BCUT2D eigenvalue weighted by molar-refractivity contribution is 5.63. The number of rotatable bonds is 3. The minimum Gasteiger partial charge on any atom is -0.496 e. The summed E-state index contributed by atoms with van der Waals surface area (Å²) in [4.78, 5) is 9.89. The van der Waals surface area contributed by atoms with Crippen LogP contribution in [-0.2, 0) is 6.61 Å². The molecule has 1 aromatic rings. The van der Waals surface area contributed by atoms with Gasteiger partial charge in [0.25, 0.3) is 5.69 Å². The molecule has 0 amide bonds. The van der Waals surface area contributed by atoms with Crippen molar-refractivity contribution >= 4 is 11.4 Å². The third kappa shape index (κ3) is 1.74. The lowest BCUT2D eigenvalue weighted by atomic mass is 10.1. The monoisotopic (exact) mass is 198 g/mol. The number of nitrogen functional groups attached to an aromatic ring is 1. The maximum absolute atomic E-state index is 10.5. The molecule has 0 aliphatic rings. The molecule has 0 aromatic heterocycles. The van der Waals surface area contributed by atoms with Gasteiger partial charge in [-0.1, -0.05) is 0 Å². The zero-order chi connectivity index (χ0) is 10.7. The zero-order valence-electron chi connectivity index (χ0n) is 7.56. The normalized spacial score (nSPS) is 9.86. The average Bonchev–Trinajstić information content (AvgIpc) is 2.16. The molecule has 0 radical (unpaired) electrons. The van der Waals surface area contributed by atoms with E-state index in [2.05, 4.69) is 0 Å². The number of aliphatic hydroxyl groups excluding tert-OH is 1. The number of hydrogen-bond acceptors (Lipinski definition) is 5. The standard InChI is InChI=1S/C8H10N2O4/c1-14-8-3-6(9)7(10(12)13)2-5(8)4-11/h2-3,11H,4,9H2,1H3. The number of aliphatic hydroxyl groups is 1. The van der Waals surface area contributed by atoms with Gasteiger partial charge in [-0.3, -0.25) is 10.1 Å². The smallest absolute Gasteiger partial charge is 0.292 e. The fourth-order valence-electron chi connectivity index (χ4n) is 1.10. The number of hydrogen-bond donors (Lipinski definition) is 2. The number of ether oxygens (including phenoxy) is 1. The fourth-order valence-corrected chi connectivity index (χ4v) is 1.10. The number of methoxy groups -OCH3 is 1. The van der Waals surface area contributed by atoms with Gasteiger partial charge < -0.3 is 15.6 Å². The lowest BCUT2D eigenvalue weighted by Crippen LogP contribution is -2.00. The molecule has 0 heterocycles. The summed E-state index contributed by atoms with van der Waals surface area (Å²) in [6.07, 6.45) is 0. The van der Waals surface area contributed by atoms with Crippen molar-refractivity contribution in [2.24, 2.45) is 0 Å². The van der Waals surface area contributed by atoms with Crippen LogP contribution in [0, 0.1) is 10.1 Å². The van der Waals surface area contributed by atoms with E-state index in [4.69, 9.17) is 15.6 Å². The molecule has 0 spiro atoms. The molecule has 3 N–H and O–H groups in total. The Morgan fingerprint density at radius 1 is 1.64 bits per heavy atom. The summed E-state index contributed by atoms with van der Waals surface area (Å²) in [6.45, 7) is -0.329. The predicted molar refractivity (Wildman–Crippen MR) is 50.0 cm³/mol. The van der Waals surface area contributed by atoms with E-state index >= 15 is 0 Å². The highest BCUT2D eigenvalue weighted by atomic mass is 16.6. The molecule has 0 bridgehead atoms. The summed E-state index contributed by atoms with van der Waals surface area (Å²) in [6, 6.07) is 2.53. The Bertz CT molecular complexity index is 365. The van der Waals surface area contributed by atoms with Crippen molar-refractivity contribution in [1.82, 2.24) is 0 Å². The molecule has 0 aliphatic carbocycles. The Labute approximate surface area is 80.1 Å². The predicted octanol–water partition coefficient (Wildman–Crippen LogP) is 0.678. The Kier molecular flexibility index (Phi) is 2.88. The maximum atomic E-state index is 10.5. The van der Waals surface area contributed by atoms with Crippen LogP contribution in [0.15, 0.2) is 12.1 Å². The highest BCUT2D eigenvalue weighted by Crippen LogP contribution is 2.30. The summed E-state index contributed by atoms with van der Waals surface area (Å²) in [5.74, 6) is 0.343. The molecular weight excluding hydrogens is 188 g/mol. The molecule has 0 aliphatic heterocycles. The number of benzene rings is 1. The van der Waals surface area contributed by atoms with Gasteiger partial charge in [0, 0.05) is 17.7 Å². The van der Waals surface area contributed by atoms with E-state index in [0.29, 0.717) is 11.3 Å². The molecule has 14 heavy (non-hydrogen) atoms. The van der Waals surface area contributed by atoms with Crippen LogP contribution < -0.4 is 10.5 Å². The first-order valence-corrected chi connectivity index (χ1v) is 3.81. The van der Waals surface area contributed by atoms with Crippen molar-refractivity contribution in [3.05, 3.63) is 27.8 Å². The first-order valence-electron chi connectivity index (χ1n) is 3.81. The third-order valence-corrected chi connectivity index (χ3v) is 1.80. The molecule has 0 fully saturated rings. The van der Waals surface area contributed by atoms with E-state index in [0.717, 1.165) is 0 Å². The molecule has 1 aromatic carbocycles. The number of nitrogens with two attached hydrogens (primary N) is 1. The lowest BCUT2D eigenvalue weighted by Gasteiger charge is -2.07. The van der Waals surface area contributed by atoms with Crippen LogP contribution in [0.4, 0.5) is 11.4 Å². The second kappa shape index (κ2) is 3.93. The molecule has 6 heteroatoms. The Hall–Kier alpha value is -1.82. The van der Waals surface area contributed by atoms with Crippen LogP contribution in [0.1, 0.15) is 5.56 Å². The average molecular weight is 198 g/mol. The maximum Gasteiger partial charge on any atom is 0.292 e. The van der Waals surface area contributed by atoms with Gasteiger partial charge in [0.15, 0.2) is 0 Å². The largest absolute Gasteiger partial charge is 0.496 e. The van der Waals surface area contributed by atoms with Crippen molar-refractivity contribution in [1.29, 1.82) is 0 Å². The Balaban J connectivity index is 3.30. The van der Waals surface area contributed by atoms with E-state index in [1.807, 2.05) is 0 Å². The molecule has 76 valence electrons.